The number of amides is 1. The zero-order chi connectivity index (χ0) is 22.8. The predicted molar refractivity (Wildman–Crippen MR) is 118 cm³/mol. The van der Waals surface area contributed by atoms with E-state index in [1.165, 1.54) is 35.7 Å². The van der Waals surface area contributed by atoms with E-state index in [1.807, 2.05) is 0 Å². The number of fused-ring (bicyclic) bond motifs is 1. The highest BCUT2D eigenvalue weighted by Crippen LogP contribution is 2.28. The van der Waals surface area contributed by atoms with Crippen molar-refractivity contribution in [3.8, 4) is 5.75 Å². The molecule has 0 bridgehead atoms. The Morgan fingerprint density at radius 3 is 2.45 bits per heavy atom. The minimum atomic E-state index is -3.83. The van der Waals surface area contributed by atoms with Crippen molar-refractivity contribution in [3.05, 3.63) is 64.0 Å². The van der Waals surface area contributed by atoms with Crippen LogP contribution >= 0.6 is 0 Å². The number of sulfonamides is 1. The minimum absolute atomic E-state index is 0.0773. The summed E-state index contributed by atoms with van der Waals surface area (Å²) in [5, 5.41) is 3.47. The fourth-order valence-electron chi connectivity index (χ4n) is 3.33. The van der Waals surface area contributed by atoms with Crippen LogP contribution in [0.4, 0.5) is 5.69 Å². The second-order valence-electron chi connectivity index (χ2n) is 6.87. The van der Waals surface area contributed by atoms with Crippen molar-refractivity contribution < 1.29 is 22.4 Å². The Balaban J connectivity index is 1.97. The summed E-state index contributed by atoms with van der Waals surface area (Å²) >= 11 is 0. The Labute approximate surface area is 180 Å². The zero-order valence-corrected chi connectivity index (χ0v) is 18.6. The molecule has 3 rings (SSSR count). The molecule has 1 aromatic heterocycles. The summed E-state index contributed by atoms with van der Waals surface area (Å²) in [6.45, 7) is 5.86. The highest BCUT2D eigenvalue weighted by Gasteiger charge is 2.26. The van der Waals surface area contributed by atoms with Gasteiger partial charge in [-0.05, 0) is 42.8 Å². The molecule has 164 valence electrons. The van der Waals surface area contributed by atoms with Gasteiger partial charge in [-0.1, -0.05) is 13.8 Å². The summed E-state index contributed by atoms with van der Waals surface area (Å²) < 4.78 is 37.7. The van der Waals surface area contributed by atoms with Gasteiger partial charge >= 0.3 is 5.63 Å². The van der Waals surface area contributed by atoms with Crippen LogP contribution in [0.2, 0.25) is 0 Å². The van der Waals surface area contributed by atoms with Gasteiger partial charge < -0.3 is 14.5 Å². The highest BCUT2D eigenvalue weighted by atomic mass is 32.2. The van der Waals surface area contributed by atoms with E-state index in [0.717, 1.165) is 10.9 Å². The van der Waals surface area contributed by atoms with Crippen LogP contribution in [-0.4, -0.2) is 38.8 Å². The first-order chi connectivity index (χ1) is 14.7. The van der Waals surface area contributed by atoms with Crippen molar-refractivity contribution in [1.29, 1.82) is 0 Å². The molecule has 8 nitrogen and oxygen atoms in total. The number of aryl methyl sites for hydroxylation is 1. The van der Waals surface area contributed by atoms with E-state index < -0.39 is 21.6 Å². The Kier molecular flexibility index (Phi) is 6.47. The number of carbonyl (C=O) groups excluding carboxylic acids is 1. The van der Waals surface area contributed by atoms with Crippen molar-refractivity contribution in [2.24, 2.45) is 0 Å². The zero-order valence-electron chi connectivity index (χ0n) is 17.8. The van der Waals surface area contributed by atoms with E-state index in [-0.39, 0.29) is 16.2 Å². The number of hydrogen-bond donors (Lipinski definition) is 1. The SMILES string of the molecule is CCN(CC)S(=O)(=O)c1cc(C(=O)Nc2ccc3c(C)cc(=O)oc3c2)ccc1OC. The Bertz CT molecular complexity index is 1290. The fraction of sp³-hybridized carbons (Fsp3) is 0.273. The lowest BCUT2D eigenvalue weighted by Gasteiger charge is -2.20. The van der Waals surface area contributed by atoms with Gasteiger partial charge in [-0.25, -0.2) is 13.2 Å². The molecule has 0 radical (unpaired) electrons. The van der Waals surface area contributed by atoms with Crippen LogP contribution in [0.5, 0.6) is 5.75 Å². The summed E-state index contributed by atoms with van der Waals surface area (Å²) in [5.74, 6) is -0.348. The molecule has 0 aliphatic heterocycles. The van der Waals surface area contributed by atoms with Crippen LogP contribution in [-0.2, 0) is 10.0 Å². The van der Waals surface area contributed by atoms with Gasteiger partial charge in [-0.15, -0.1) is 0 Å². The molecule has 9 heteroatoms. The van der Waals surface area contributed by atoms with Crippen molar-refractivity contribution in [3.63, 3.8) is 0 Å². The highest BCUT2D eigenvalue weighted by molar-refractivity contribution is 7.89. The van der Waals surface area contributed by atoms with Gasteiger partial charge in [0.05, 0.1) is 7.11 Å². The predicted octanol–water partition coefficient (Wildman–Crippen LogP) is 3.39. The number of methoxy groups -OCH3 is 1. The number of benzene rings is 2. The lowest BCUT2D eigenvalue weighted by atomic mass is 10.1. The average Bonchev–Trinajstić information content (AvgIpc) is 2.73. The summed E-state index contributed by atoms with van der Waals surface area (Å²) in [7, 11) is -2.46. The van der Waals surface area contributed by atoms with Gasteiger partial charge in [0.15, 0.2) is 0 Å². The number of ether oxygens (including phenoxy) is 1. The molecule has 0 atom stereocenters. The smallest absolute Gasteiger partial charge is 0.336 e. The molecule has 0 spiro atoms. The van der Waals surface area contributed by atoms with Gasteiger partial charge in [-0.3, -0.25) is 4.79 Å². The maximum absolute atomic E-state index is 13.0. The summed E-state index contributed by atoms with van der Waals surface area (Å²) in [6.07, 6.45) is 0. The van der Waals surface area contributed by atoms with Gasteiger partial charge in [0, 0.05) is 41.9 Å². The molecule has 1 N–H and O–H groups in total. The third-order valence-corrected chi connectivity index (χ3v) is 7.03. The Hall–Kier alpha value is -3.17. The average molecular weight is 445 g/mol. The third kappa shape index (κ3) is 4.47. The lowest BCUT2D eigenvalue weighted by Crippen LogP contribution is -2.31. The molecule has 0 saturated carbocycles. The summed E-state index contributed by atoms with van der Waals surface area (Å²) in [4.78, 5) is 24.4. The van der Waals surface area contributed by atoms with Crippen LogP contribution in [0, 0.1) is 6.92 Å². The lowest BCUT2D eigenvalue weighted by molar-refractivity contribution is 0.102. The van der Waals surface area contributed by atoms with E-state index in [4.69, 9.17) is 9.15 Å². The van der Waals surface area contributed by atoms with Crippen molar-refractivity contribution in [2.75, 3.05) is 25.5 Å². The van der Waals surface area contributed by atoms with Crippen molar-refractivity contribution in [1.82, 2.24) is 4.31 Å². The standard InChI is InChI=1S/C22H24N2O6S/c1-5-24(6-2)31(27,28)20-12-15(7-10-18(20)29-4)22(26)23-16-8-9-17-14(3)11-21(25)30-19(17)13-16/h7-13H,5-6H2,1-4H3,(H,23,26). The molecule has 0 aliphatic carbocycles. The molecule has 31 heavy (non-hydrogen) atoms. The molecular formula is C22H24N2O6S. The number of hydrogen-bond acceptors (Lipinski definition) is 6. The number of nitrogens with one attached hydrogen (secondary N) is 1. The van der Waals surface area contributed by atoms with E-state index in [9.17, 15) is 18.0 Å². The van der Waals surface area contributed by atoms with Crippen LogP contribution in [0.1, 0.15) is 29.8 Å². The van der Waals surface area contributed by atoms with Crippen molar-refractivity contribution in [2.45, 2.75) is 25.7 Å². The molecular weight excluding hydrogens is 420 g/mol. The third-order valence-electron chi connectivity index (χ3n) is 4.96. The van der Waals surface area contributed by atoms with E-state index in [1.54, 1.807) is 39.0 Å². The quantitative estimate of drug-likeness (QED) is 0.560. The Morgan fingerprint density at radius 2 is 1.81 bits per heavy atom. The first-order valence-electron chi connectivity index (χ1n) is 9.75. The van der Waals surface area contributed by atoms with Gasteiger partial charge in [0.1, 0.15) is 16.2 Å². The Morgan fingerprint density at radius 1 is 1.10 bits per heavy atom. The maximum atomic E-state index is 13.0. The van der Waals surface area contributed by atoms with Crippen LogP contribution < -0.4 is 15.7 Å². The van der Waals surface area contributed by atoms with E-state index >= 15 is 0 Å². The second-order valence-corrected chi connectivity index (χ2v) is 8.77. The summed E-state index contributed by atoms with van der Waals surface area (Å²) in [6, 6.07) is 10.6. The number of carbonyl (C=O) groups is 1. The van der Waals surface area contributed by atoms with Crippen molar-refractivity contribution >= 4 is 32.6 Å². The van der Waals surface area contributed by atoms with Gasteiger partial charge in [0.25, 0.3) is 5.91 Å². The molecule has 1 amide bonds. The van der Waals surface area contributed by atoms with E-state index in [2.05, 4.69) is 5.32 Å². The topological polar surface area (TPSA) is 106 Å². The van der Waals surface area contributed by atoms with E-state index in [0.29, 0.717) is 24.4 Å². The minimum Gasteiger partial charge on any atom is -0.495 e. The first-order valence-corrected chi connectivity index (χ1v) is 11.2. The normalized spacial score (nSPS) is 11.6. The van der Waals surface area contributed by atoms with Crippen LogP contribution in [0.25, 0.3) is 11.0 Å². The largest absolute Gasteiger partial charge is 0.495 e. The number of rotatable bonds is 7. The van der Waals surface area contributed by atoms with Gasteiger partial charge in [0.2, 0.25) is 10.0 Å². The number of anilines is 1. The molecule has 0 fully saturated rings. The molecule has 0 unspecified atom stereocenters. The second kappa shape index (κ2) is 8.91. The summed E-state index contributed by atoms with van der Waals surface area (Å²) in [5.41, 5.74) is 1.20. The molecule has 2 aromatic carbocycles. The molecule has 1 heterocycles. The molecule has 0 saturated heterocycles. The van der Waals surface area contributed by atoms with Crippen LogP contribution in [0.15, 0.2) is 56.6 Å². The first kappa shape index (κ1) is 22.5. The monoisotopic (exact) mass is 444 g/mol. The number of nitrogens with zero attached hydrogens (tertiary/aromatic N) is 1. The molecule has 3 aromatic rings. The maximum Gasteiger partial charge on any atom is 0.336 e. The van der Waals surface area contributed by atoms with Crippen LogP contribution in [0.3, 0.4) is 0 Å². The fourth-order valence-corrected chi connectivity index (χ4v) is 4.97. The van der Waals surface area contributed by atoms with Gasteiger partial charge in [-0.2, -0.15) is 4.31 Å². The molecule has 0 aliphatic rings.